The third kappa shape index (κ3) is 6.20. The maximum Gasteiger partial charge on any atom is 0.363 e. The van der Waals surface area contributed by atoms with Gasteiger partial charge in [-0.25, -0.2) is 14.6 Å². The Hall–Kier alpha value is -4.36. The van der Waals surface area contributed by atoms with Crippen molar-refractivity contribution in [1.82, 2.24) is 0 Å². The summed E-state index contributed by atoms with van der Waals surface area (Å²) in [5.74, 6) is 0.361. The zero-order valence-corrected chi connectivity index (χ0v) is 20.3. The maximum absolute atomic E-state index is 12.4. The van der Waals surface area contributed by atoms with Crippen LogP contribution >= 0.6 is 11.6 Å². The molecule has 0 aliphatic carbocycles. The van der Waals surface area contributed by atoms with E-state index >= 15 is 0 Å². The molecule has 1 heterocycles. The molecule has 182 valence electrons. The summed E-state index contributed by atoms with van der Waals surface area (Å²) in [6.07, 6.45) is 4.52. The lowest BCUT2D eigenvalue weighted by Gasteiger charge is -2.10. The summed E-state index contributed by atoms with van der Waals surface area (Å²) in [5.41, 5.74) is 2.22. The van der Waals surface area contributed by atoms with Gasteiger partial charge in [-0.15, -0.1) is 0 Å². The van der Waals surface area contributed by atoms with Crippen molar-refractivity contribution in [1.29, 1.82) is 0 Å². The van der Waals surface area contributed by atoms with E-state index in [0.717, 1.165) is 5.56 Å². The minimum Gasteiger partial charge on any atom is -0.497 e. The fourth-order valence-corrected chi connectivity index (χ4v) is 3.40. The predicted molar refractivity (Wildman–Crippen MR) is 137 cm³/mol. The number of hydrogen-bond acceptors (Lipinski definition) is 7. The lowest BCUT2D eigenvalue weighted by atomic mass is 10.1. The number of cyclic esters (lactones) is 1. The first-order chi connectivity index (χ1) is 17.4. The van der Waals surface area contributed by atoms with Crippen LogP contribution in [0, 0.1) is 0 Å². The zero-order valence-electron chi connectivity index (χ0n) is 19.6. The molecular weight excluding hydrogens is 482 g/mol. The Morgan fingerprint density at radius 2 is 1.72 bits per heavy atom. The summed E-state index contributed by atoms with van der Waals surface area (Å²) in [6, 6.07) is 19.0. The molecule has 36 heavy (non-hydrogen) atoms. The molecule has 0 saturated carbocycles. The van der Waals surface area contributed by atoms with E-state index in [1.807, 2.05) is 6.92 Å². The van der Waals surface area contributed by atoms with Crippen molar-refractivity contribution in [2.75, 3.05) is 13.7 Å². The molecule has 1 aliphatic rings. The number of benzene rings is 3. The van der Waals surface area contributed by atoms with E-state index in [0.29, 0.717) is 34.3 Å². The first kappa shape index (κ1) is 24.8. The maximum atomic E-state index is 12.4. The Kier molecular flexibility index (Phi) is 7.82. The van der Waals surface area contributed by atoms with Crippen molar-refractivity contribution in [3.05, 3.63) is 100 Å². The van der Waals surface area contributed by atoms with E-state index in [9.17, 15) is 9.59 Å². The molecule has 7 nitrogen and oxygen atoms in total. The van der Waals surface area contributed by atoms with Gasteiger partial charge in [-0.05, 0) is 78.7 Å². The number of carbonyl (C=O) groups is 2. The van der Waals surface area contributed by atoms with Crippen molar-refractivity contribution < 1.29 is 28.5 Å². The van der Waals surface area contributed by atoms with Crippen LogP contribution in [-0.2, 0) is 14.3 Å². The number of carbonyl (C=O) groups excluding carboxylic acids is 2. The van der Waals surface area contributed by atoms with Crippen LogP contribution in [-0.4, -0.2) is 31.6 Å². The molecule has 0 amide bonds. The summed E-state index contributed by atoms with van der Waals surface area (Å²) >= 11 is 5.88. The second kappa shape index (κ2) is 11.4. The lowest BCUT2D eigenvalue weighted by Crippen LogP contribution is -2.06. The molecule has 0 unspecified atom stereocenters. The zero-order chi connectivity index (χ0) is 25.5. The van der Waals surface area contributed by atoms with Gasteiger partial charge < -0.3 is 18.9 Å². The molecule has 0 spiro atoms. The largest absolute Gasteiger partial charge is 0.497 e. The number of hydrogen-bond donors (Lipinski definition) is 0. The average molecular weight is 504 g/mol. The first-order valence-corrected chi connectivity index (χ1v) is 11.4. The van der Waals surface area contributed by atoms with E-state index in [4.69, 9.17) is 30.5 Å². The van der Waals surface area contributed by atoms with E-state index in [1.165, 1.54) is 6.08 Å². The third-order valence-corrected chi connectivity index (χ3v) is 5.27. The molecule has 0 atom stereocenters. The highest BCUT2D eigenvalue weighted by Gasteiger charge is 2.24. The Bertz CT molecular complexity index is 1360. The molecule has 0 N–H and O–H groups in total. The third-order valence-electron chi connectivity index (χ3n) is 5.02. The molecule has 3 aromatic rings. The van der Waals surface area contributed by atoms with Gasteiger partial charge in [0.15, 0.2) is 17.2 Å². The number of esters is 2. The number of halogens is 1. The van der Waals surface area contributed by atoms with E-state index in [1.54, 1.807) is 86.0 Å². The normalized spacial score (nSPS) is 14.0. The van der Waals surface area contributed by atoms with Gasteiger partial charge in [0, 0.05) is 16.7 Å². The Labute approximate surface area is 213 Å². The first-order valence-electron chi connectivity index (χ1n) is 11.0. The quantitative estimate of drug-likeness (QED) is 0.222. The minimum absolute atomic E-state index is 0.138. The van der Waals surface area contributed by atoms with Crippen LogP contribution < -0.4 is 14.2 Å². The summed E-state index contributed by atoms with van der Waals surface area (Å²) < 4.78 is 21.6. The average Bonchev–Trinajstić information content (AvgIpc) is 3.25. The predicted octanol–water partition coefficient (Wildman–Crippen LogP) is 5.71. The molecular formula is C28H22ClNO6. The Morgan fingerprint density at radius 1 is 1.00 bits per heavy atom. The van der Waals surface area contributed by atoms with Gasteiger partial charge in [-0.3, -0.25) is 0 Å². The number of methoxy groups -OCH3 is 1. The fourth-order valence-electron chi connectivity index (χ4n) is 3.27. The van der Waals surface area contributed by atoms with Gasteiger partial charge >= 0.3 is 11.9 Å². The number of nitrogens with zero attached hydrogens (tertiary/aromatic N) is 1. The number of aliphatic imine (C=N–C) groups is 1. The molecule has 1 aliphatic heterocycles. The molecule has 0 aromatic heterocycles. The second-order valence-electron chi connectivity index (χ2n) is 7.51. The van der Waals surface area contributed by atoms with E-state index < -0.39 is 11.9 Å². The van der Waals surface area contributed by atoms with Gasteiger partial charge in [0.1, 0.15) is 5.75 Å². The van der Waals surface area contributed by atoms with Crippen LogP contribution in [0.4, 0.5) is 0 Å². The van der Waals surface area contributed by atoms with Crippen molar-refractivity contribution in [2.45, 2.75) is 6.92 Å². The van der Waals surface area contributed by atoms with E-state index in [-0.39, 0.29) is 17.3 Å². The van der Waals surface area contributed by atoms with Gasteiger partial charge in [0.2, 0.25) is 5.90 Å². The SMILES string of the molecule is CCOc1cc(/C=C2\N=C(c3ccc(OC)cc3)OC2=O)ccc1OC(=O)/C=C/c1ccc(Cl)cc1. The van der Waals surface area contributed by atoms with Crippen LogP contribution in [0.25, 0.3) is 12.2 Å². The lowest BCUT2D eigenvalue weighted by molar-refractivity contribution is -0.130. The van der Waals surface area contributed by atoms with Gasteiger partial charge in [-0.1, -0.05) is 29.8 Å². The highest BCUT2D eigenvalue weighted by atomic mass is 35.5. The monoisotopic (exact) mass is 503 g/mol. The molecule has 0 bridgehead atoms. The summed E-state index contributed by atoms with van der Waals surface area (Å²) in [5, 5.41) is 0.611. The molecule has 3 aromatic carbocycles. The molecule has 0 saturated heterocycles. The van der Waals surface area contributed by atoms with Crippen molar-refractivity contribution in [3.63, 3.8) is 0 Å². The van der Waals surface area contributed by atoms with Crippen LogP contribution in [0.3, 0.4) is 0 Å². The summed E-state index contributed by atoms with van der Waals surface area (Å²) in [7, 11) is 1.57. The van der Waals surface area contributed by atoms with Crippen molar-refractivity contribution in [2.24, 2.45) is 4.99 Å². The fraction of sp³-hybridized carbons (Fsp3) is 0.107. The number of rotatable bonds is 8. The van der Waals surface area contributed by atoms with E-state index in [2.05, 4.69) is 4.99 Å². The topological polar surface area (TPSA) is 83.4 Å². The molecule has 0 fully saturated rings. The smallest absolute Gasteiger partial charge is 0.363 e. The molecule has 8 heteroatoms. The molecule has 4 rings (SSSR count). The minimum atomic E-state index is -0.568. The second-order valence-corrected chi connectivity index (χ2v) is 7.95. The van der Waals surface area contributed by atoms with Crippen LogP contribution in [0.1, 0.15) is 23.6 Å². The van der Waals surface area contributed by atoms with Gasteiger partial charge in [0.25, 0.3) is 0 Å². The summed E-state index contributed by atoms with van der Waals surface area (Å²) in [6.45, 7) is 2.17. The van der Waals surface area contributed by atoms with Crippen LogP contribution in [0.15, 0.2) is 83.5 Å². The van der Waals surface area contributed by atoms with Gasteiger partial charge in [-0.2, -0.15) is 0 Å². The van der Waals surface area contributed by atoms with Crippen LogP contribution in [0.2, 0.25) is 5.02 Å². The summed E-state index contributed by atoms with van der Waals surface area (Å²) in [4.78, 5) is 29.0. The Balaban J connectivity index is 1.51. The molecule has 0 radical (unpaired) electrons. The van der Waals surface area contributed by atoms with Crippen LogP contribution in [0.5, 0.6) is 17.2 Å². The standard InChI is InChI=1S/C28H22ClNO6/c1-3-34-25-17-19(6-14-24(25)35-26(31)15-7-18-4-10-21(29)11-5-18)16-23-28(32)36-27(30-23)20-8-12-22(33-2)13-9-20/h4-17H,3H2,1-2H3/b15-7+,23-16-. The number of ether oxygens (including phenoxy) is 4. The Morgan fingerprint density at radius 3 is 2.42 bits per heavy atom. The highest BCUT2D eigenvalue weighted by Crippen LogP contribution is 2.30. The van der Waals surface area contributed by atoms with Crippen molar-refractivity contribution >= 4 is 41.6 Å². The van der Waals surface area contributed by atoms with Crippen molar-refractivity contribution in [3.8, 4) is 17.2 Å². The highest BCUT2D eigenvalue weighted by molar-refractivity contribution is 6.30. The van der Waals surface area contributed by atoms with Gasteiger partial charge in [0.05, 0.1) is 13.7 Å².